The number of carbonyl (C=O) groups is 1. The van der Waals surface area contributed by atoms with Gasteiger partial charge in [-0.1, -0.05) is 32.4 Å². The number of hydrogen-bond acceptors (Lipinski definition) is 1. The van der Waals surface area contributed by atoms with E-state index in [9.17, 15) is 4.79 Å². The summed E-state index contributed by atoms with van der Waals surface area (Å²) >= 11 is 0. The largest absolute Gasteiger partial charge is 0.298 e. The highest BCUT2D eigenvalue weighted by Crippen LogP contribution is 2.54. The third-order valence-electron chi connectivity index (χ3n) is 4.70. The van der Waals surface area contributed by atoms with Crippen molar-refractivity contribution in [1.82, 2.24) is 0 Å². The van der Waals surface area contributed by atoms with Crippen LogP contribution in [0.25, 0.3) is 0 Å². The summed E-state index contributed by atoms with van der Waals surface area (Å²) in [6.45, 7) is 8.62. The highest BCUT2D eigenvalue weighted by Gasteiger charge is 2.51. The summed E-state index contributed by atoms with van der Waals surface area (Å²) in [5, 5.41) is 0. The third-order valence-corrected chi connectivity index (χ3v) is 4.70. The van der Waals surface area contributed by atoms with Crippen molar-refractivity contribution in [1.29, 1.82) is 0 Å². The molecule has 0 saturated heterocycles. The van der Waals surface area contributed by atoms with Crippen molar-refractivity contribution in [2.75, 3.05) is 0 Å². The zero-order valence-corrected chi connectivity index (χ0v) is 11.0. The Morgan fingerprint density at radius 3 is 2.75 bits per heavy atom. The molecule has 1 nitrogen and oxygen atoms in total. The fourth-order valence-electron chi connectivity index (χ4n) is 3.89. The fourth-order valence-corrected chi connectivity index (χ4v) is 3.89. The van der Waals surface area contributed by atoms with Crippen molar-refractivity contribution in [2.24, 2.45) is 23.2 Å². The molecule has 0 aromatic rings. The summed E-state index contributed by atoms with van der Waals surface area (Å²) in [7, 11) is 0. The first-order valence-electron chi connectivity index (χ1n) is 6.70. The van der Waals surface area contributed by atoms with Gasteiger partial charge in [-0.05, 0) is 44.4 Å². The molecule has 0 aromatic heterocycles. The van der Waals surface area contributed by atoms with E-state index >= 15 is 0 Å². The number of carbonyl (C=O) groups excluding carboxylic acids is 1. The Labute approximate surface area is 99.3 Å². The van der Waals surface area contributed by atoms with Crippen LogP contribution in [-0.4, -0.2) is 5.78 Å². The molecule has 0 bridgehead atoms. The molecule has 2 aliphatic carbocycles. The van der Waals surface area contributed by atoms with E-state index in [4.69, 9.17) is 0 Å². The fraction of sp³-hybridized carbons (Fsp3) is 0.800. The number of ketones is 1. The van der Waals surface area contributed by atoms with E-state index in [1.165, 1.54) is 24.8 Å². The van der Waals surface area contributed by atoms with Crippen molar-refractivity contribution in [2.45, 2.75) is 53.4 Å². The van der Waals surface area contributed by atoms with Gasteiger partial charge in [0.05, 0.1) is 5.41 Å². The Morgan fingerprint density at radius 2 is 2.12 bits per heavy atom. The average Bonchev–Trinajstić information content (AvgIpc) is 2.55. The second-order valence-electron chi connectivity index (χ2n) is 6.21. The molecule has 0 N–H and O–H groups in total. The minimum atomic E-state index is -0.0874. The molecule has 2 rings (SSSR count). The van der Waals surface area contributed by atoms with Crippen LogP contribution in [0.15, 0.2) is 11.6 Å². The van der Waals surface area contributed by atoms with Crippen LogP contribution in [0.1, 0.15) is 53.4 Å². The van der Waals surface area contributed by atoms with E-state index in [1.54, 1.807) is 0 Å². The Balaban J connectivity index is 2.40. The van der Waals surface area contributed by atoms with E-state index in [2.05, 4.69) is 33.8 Å². The number of fused-ring (bicyclic) bond motifs is 1. The zero-order valence-electron chi connectivity index (χ0n) is 11.0. The second-order valence-corrected chi connectivity index (χ2v) is 6.21. The monoisotopic (exact) mass is 220 g/mol. The molecule has 1 saturated carbocycles. The van der Waals surface area contributed by atoms with E-state index in [0.29, 0.717) is 11.7 Å². The Bertz CT molecular complexity index is 326. The third kappa shape index (κ3) is 1.65. The van der Waals surface area contributed by atoms with Gasteiger partial charge in [-0.2, -0.15) is 0 Å². The summed E-state index contributed by atoms with van der Waals surface area (Å²) in [5.74, 6) is 2.01. The van der Waals surface area contributed by atoms with Crippen molar-refractivity contribution in [3.8, 4) is 0 Å². The van der Waals surface area contributed by atoms with Crippen LogP contribution in [0.4, 0.5) is 0 Å². The molecule has 3 atom stereocenters. The summed E-state index contributed by atoms with van der Waals surface area (Å²) in [5.41, 5.74) is 1.34. The van der Waals surface area contributed by atoms with Crippen LogP contribution in [0, 0.1) is 23.2 Å². The van der Waals surface area contributed by atoms with Crippen LogP contribution in [-0.2, 0) is 4.79 Å². The van der Waals surface area contributed by atoms with Crippen LogP contribution in [0.2, 0.25) is 0 Å². The predicted molar refractivity (Wildman–Crippen MR) is 67.2 cm³/mol. The molecule has 90 valence electrons. The van der Waals surface area contributed by atoms with Gasteiger partial charge < -0.3 is 0 Å². The maximum absolute atomic E-state index is 12.5. The van der Waals surface area contributed by atoms with Crippen molar-refractivity contribution in [3.05, 3.63) is 11.6 Å². The molecule has 0 amide bonds. The minimum Gasteiger partial charge on any atom is -0.298 e. The SMILES string of the molecule is CC1=CC2(C(=O)C(C)C)CC[C@@H](C)C2CC1. The molecule has 0 aromatic carbocycles. The quantitative estimate of drug-likeness (QED) is 0.643. The van der Waals surface area contributed by atoms with Crippen LogP contribution < -0.4 is 0 Å². The van der Waals surface area contributed by atoms with Crippen LogP contribution in [0.5, 0.6) is 0 Å². The van der Waals surface area contributed by atoms with Gasteiger partial charge in [-0.25, -0.2) is 0 Å². The van der Waals surface area contributed by atoms with Crippen LogP contribution >= 0.6 is 0 Å². The first-order chi connectivity index (χ1) is 7.47. The lowest BCUT2D eigenvalue weighted by molar-refractivity contribution is -0.131. The summed E-state index contributed by atoms with van der Waals surface area (Å²) in [6, 6.07) is 0. The van der Waals surface area contributed by atoms with Crippen molar-refractivity contribution >= 4 is 5.78 Å². The Hall–Kier alpha value is -0.590. The van der Waals surface area contributed by atoms with Gasteiger partial charge in [0.2, 0.25) is 0 Å². The van der Waals surface area contributed by atoms with Gasteiger partial charge in [-0.3, -0.25) is 4.79 Å². The van der Waals surface area contributed by atoms with Gasteiger partial charge in [0.1, 0.15) is 5.78 Å². The predicted octanol–water partition coefficient (Wildman–Crippen LogP) is 3.98. The maximum Gasteiger partial charge on any atom is 0.145 e. The molecule has 0 radical (unpaired) electrons. The normalized spacial score (nSPS) is 38.4. The van der Waals surface area contributed by atoms with Gasteiger partial charge in [0.25, 0.3) is 0 Å². The Kier molecular flexibility index (Phi) is 2.98. The molecule has 1 fully saturated rings. The number of hydrogen-bond donors (Lipinski definition) is 0. The Morgan fingerprint density at radius 1 is 1.44 bits per heavy atom. The molecule has 2 unspecified atom stereocenters. The molecular weight excluding hydrogens is 196 g/mol. The lowest BCUT2D eigenvalue weighted by atomic mass is 9.64. The molecule has 0 heterocycles. The lowest BCUT2D eigenvalue weighted by Crippen LogP contribution is -2.39. The van der Waals surface area contributed by atoms with E-state index in [-0.39, 0.29) is 11.3 Å². The van der Waals surface area contributed by atoms with E-state index in [0.717, 1.165) is 12.3 Å². The maximum atomic E-state index is 12.5. The zero-order chi connectivity index (χ0) is 11.9. The summed E-state index contributed by atoms with van der Waals surface area (Å²) in [4.78, 5) is 12.5. The first-order valence-corrected chi connectivity index (χ1v) is 6.70. The van der Waals surface area contributed by atoms with Gasteiger partial charge in [0.15, 0.2) is 0 Å². The molecule has 0 aliphatic heterocycles. The summed E-state index contributed by atoms with van der Waals surface area (Å²) < 4.78 is 0. The van der Waals surface area contributed by atoms with Gasteiger partial charge >= 0.3 is 0 Å². The molecule has 0 spiro atoms. The van der Waals surface area contributed by atoms with Gasteiger partial charge in [0, 0.05) is 5.92 Å². The molecule has 1 heteroatoms. The second kappa shape index (κ2) is 4.01. The first kappa shape index (κ1) is 11.9. The molecular formula is C15H24O. The number of Topliss-reactive ketones (excluding diaryl/α,β-unsaturated/α-hetero) is 1. The van der Waals surface area contributed by atoms with Crippen molar-refractivity contribution in [3.63, 3.8) is 0 Å². The van der Waals surface area contributed by atoms with Crippen molar-refractivity contribution < 1.29 is 4.79 Å². The minimum absolute atomic E-state index is 0.0874. The van der Waals surface area contributed by atoms with E-state index < -0.39 is 0 Å². The number of rotatable bonds is 2. The van der Waals surface area contributed by atoms with E-state index in [1.807, 2.05) is 0 Å². The summed E-state index contributed by atoms with van der Waals surface area (Å²) in [6.07, 6.45) is 7.07. The lowest BCUT2D eigenvalue weighted by Gasteiger charge is -2.38. The standard InChI is InChI=1S/C15H24O/c1-10(2)14(16)15-8-7-12(4)13(15)6-5-11(3)9-15/h9-10,12-13H,5-8H2,1-4H3/t12-,13?,15?/m1/s1. The smallest absolute Gasteiger partial charge is 0.145 e. The highest BCUT2D eigenvalue weighted by molar-refractivity contribution is 5.89. The van der Waals surface area contributed by atoms with Gasteiger partial charge in [-0.15, -0.1) is 0 Å². The molecule has 16 heavy (non-hydrogen) atoms. The topological polar surface area (TPSA) is 17.1 Å². The average molecular weight is 220 g/mol. The highest BCUT2D eigenvalue weighted by atomic mass is 16.1. The van der Waals surface area contributed by atoms with Crippen LogP contribution in [0.3, 0.4) is 0 Å². The number of allylic oxidation sites excluding steroid dienone is 2. The molecule has 2 aliphatic rings.